The van der Waals surface area contributed by atoms with Gasteiger partial charge in [-0.05, 0) is 59.6 Å². The Morgan fingerprint density at radius 3 is 2.43 bits per heavy atom. The van der Waals surface area contributed by atoms with Crippen molar-refractivity contribution in [2.24, 2.45) is 15.0 Å². The van der Waals surface area contributed by atoms with Gasteiger partial charge in [-0.2, -0.15) is 0 Å². The standard InChI is InChI=1S/C21H31ClFN5O2.C5H10O2/c1-3-8-29-9-4-5-10-30-14-26-19-17(11-25-20(22)18(19)23)21(24-2)28-12-15-6-7-16(13-28)27-15;1-5(2,3)7-4-6/h11,15-16,27H,2-10,12-14H2,1H3;4H,1-3H3/b21-17+,26-19+;. The Hall–Kier alpha value is -2.14. The summed E-state index contributed by atoms with van der Waals surface area (Å²) >= 11 is 5.92. The molecule has 3 aliphatic rings. The van der Waals surface area contributed by atoms with Crippen molar-refractivity contribution in [2.45, 2.75) is 77.5 Å². The van der Waals surface area contributed by atoms with Crippen LogP contribution in [0.2, 0.25) is 0 Å². The summed E-state index contributed by atoms with van der Waals surface area (Å²) in [5.74, 6) is -0.0757. The minimum atomic E-state index is -0.662. The number of hydrogen-bond acceptors (Lipinski definition) is 9. The summed E-state index contributed by atoms with van der Waals surface area (Å²) < 4.78 is 30.3. The van der Waals surface area contributed by atoms with Gasteiger partial charge in [-0.25, -0.2) is 14.4 Å². The van der Waals surface area contributed by atoms with Crippen molar-refractivity contribution in [3.05, 3.63) is 22.4 Å². The molecule has 37 heavy (non-hydrogen) atoms. The maximum Gasteiger partial charge on any atom is 0.293 e. The molecule has 0 radical (unpaired) electrons. The third kappa shape index (κ3) is 10.6. The number of allylic oxidation sites excluding steroid dienone is 2. The first kappa shape index (κ1) is 31.1. The van der Waals surface area contributed by atoms with E-state index >= 15 is 0 Å². The minimum absolute atomic E-state index is 0.0390. The van der Waals surface area contributed by atoms with Crippen LogP contribution in [0, 0.1) is 0 Å². The smallest absolute Gasteiger partial charge is 0.293 e. The lowest BCUT2D eigenvalue weighted by Crippen LogP contribution is -2.50. The van der Waals surface area contributed by atoms with Crippen molar-refractivity contribution in [1.29, 1.82) is 0 Å². The molecule has 9 nitrogen and oxygen atoms in total. The van der Waals surface area contributed by atoms with Gasteiger partial charge in [-0.15, -0.1) is 0 Å². The van der Waals surface area contributed by atoms with Crippen LogP contribution in [0.4, 0.5) is 4.39 Å². The van der Waals surface area contributed by atoms with Gasteiger partial charge in [0.25, 0.3) is 6.47 Å². The van der Waals surface area contributed by atoms with E-state index in [9.17, 15) is 9.18 Å². The van der Waals surface area contributed by atoms with E-state index < -0.39 is 5.83 Å². The number of nitrogens with one attached hydrogen (secondary N) is 1. The number of carbonyl (C=O) groups excluding carboxylic acids is 1. The van der Waals surface area contributed by atoms with Gasteiger partial charge in [-0.1, -0.05) is 18.5 Å². The van der Waals surface area contributed by atoms with Crippen molar-refractivity contribution in [1.82, 2.24) is 10.2 Å². The first-order valence-corrected chi connectivity index (χ1v) is 13.2. The normalized spacial score (nSPS) is 23.6. The van der Waals surface area contributed by atoms with Crippen LogP contribution < -0.4 is 5.32 Å². The predicted molar refractivity (Wildman–Crippen MR) is 146 cm³/mol. The number of aliphatic imine (C=N–C) groups is 3. The summed E-state index contributed by atoms with van der Waals surface area (Å²) in [5.41, 5.74) is 0.293. The molecule has 0 saturated carbocycles. The first-order chi connectivity index (χ1) is 17.7. The molecule has 0 aromatic heterocycles. The predicted octanol–water partition coefficient (Wildman–Crippen LogP) is 4.38. The highest BCUT2D eigenvalue weighted by Gasteiger charge is 2.35. The molecular weight excluding hydrogens is 501 g/mol. The van der Waals surface area contributed by atoms with Gasteiger partial charge in [0.1, 0.15) is 23.9 Å². The van der Waals surface area contributed by atoms with Gasteiger partial charge in [0.15, 0.2) is 11.0 Å². The fourth-order valence-corrected chi connectivity index (χ4v) is 4.21. The quantitative estimate of drug-likeness (QED) is 0.170. The fourth-order valence-electron chi connectivity index (χ4n) is 4.07. The zero-order valence-corrected chi connectivity index (χ0v) is 23.2. The molecule has 0 aromatic carbocycles. The van der Waals surface area contributed by atoms with Crippen LogP contribution in [0.25, 0.3) is 0 Å². The second kappa shape index (κ2) is 16.0. The second-order valence-electron chi connectivity index (χ2n) is 9.99. The molecule has 3 heterocycles. The number of ether oxygens (including phenoxy) is 3. The molecule has 0 aromatic rings. The molecule has 2 atom stereocenters. The van der Waals surface area contributed by atoms with Crippen LogP contribution in [-0.4, -0.2) is 87.3 Å². The SMILES string of the molecule is C=N/C(=C1/C=NC(Cl)=C(F)/C1=N/COCCCCOCCC)N1CC2CCC(C1)N2.CC(C)(C)OC=O. The van der Waals surface area contributed by atoms with Crippen molar-refractivity contribution in [2.75, 3.05) is 39.6 Å². The van der Waals surface area contributed by atoms with E-state index in [0.717, 1.165) is 58.4 Å². The highest BCUT2D eigenvalue weighted by atomic mass is 35.5. The van der Waals surface area contributed by atoms with E-state index in [2.05, 4.69) is 43.6 Å². The third-order valence-electron chi connectivity index (χ3n) is 5.75. The van der Waals surface area contributed by atoms with Crippen LogP contribution in [0.1, 0.15) is 59.8 Å². The molecule has 11 heteroatoms. The zero-order chi connectivity index (χ0) is 27.3. The summed E-state index contributed by atoms with van der Waals surface area (Å²) in [6, 6.07) is 0.825. The van der Waals surface area contributed by atoms with E-state index in [1.54, 1.807) is 0 Å². The Labute approximate surface area is 224 Å². The summed E-state index contributed by atoms with van der Waals surface area (Å²) in [6.07, 6.45) is 6.58. The number of piperazine rings is 1. The van der Waals surface area contributed by atoms with E-state index in [1.165, 1.54) is 6.21 Å². The van der Waals surface area contributed by atoms with Crippen molar-refractivity contribution in [3.8, 4) is 0 Å². The average Bonchev–Trinajstić information content (AvgIpc) is 3.19. The number of carbonyl (C=O) groups is 1. The van der Waals surface area contributed by atoms with Crippen LogP contribution in [0.15, 0.2) is 37.4 Å². The lowest BCUT2D eigenvalue weighted by atomic mass is 10.1. The number of rotatable bonds is 12. The summed E-state index contributed by atoms with van der Waals surface area (Å²) in [6.45, 7) is 15.4. The summed E-state index contributed by atoms with van der Waals surface area (Å²) in [5, 5.41) is 3.36. The number of likely N-dealkylation sites (tertiary alicyclic amines) is 1. The molecule has 2 unspecified atom stereocenters. The first-order valence-electron chi connectivity index (χ1n) is 12.8. The van der Waals surface area contributed by atoms with Crippen LogP contribution >= 0.6 is 11.6 Å². The number of halogens is 2. The Morgan fingerprint density at radius 2 is 1.89 bits per heavy atom. The van der Waals surface area contributed by atoms with Crippen LogP contribution in [-0.2, 0) is 19.0 Å². The zero-order valence-electron chi connectivity index (χ0n) is 22.5. The van der Waals surface area contributed by atoms with Crippen LogP contribution in [0.3, 0.4) is 0 Å². The molecule has 2 fully saturated rings. The van der Waals surface area contributed by atoms with Crippen LogP contribution in [0.5, 0.6) is 0 Å². The monoisotopic (exact) mass is 541 g/mol. The van der Waals surface area contributed by atoms with Gasteiger partial charge >= 0.3 is 0 Å². The second-order valence-corrected chi connectivity index (χ2v) is 10.3. The lowest BCUT2D eigenvalue weighted by Gasteiger charge is -2.35. The molecule has 2 bridgehead atoms. The van der Waals surface area contributed by atoms with Crippen molar-refractivity contribution < 1.29 is 23.4 Å². The molecule has 0 aliphatic carbocycles. The summed E-state index contributed by atoms with van der Waals surface area (Å²) in [7, 11) is 0. The maximum atomic E-state index is 14.8. The van der Waals surface area contributed by atoms with Crippen molar-refractivity contribution in [3.63, 3.8) is 0 Å². The van der Waals surface area contributed by atoms with Crippen molar-refractivity contribution >= 4 is 36.7 Å². The molecular formula is C26H41ClFN5O4. The topological polar surface area (TPSA) is 97.1 Å². The average molecular weight is 542 g/mol. The molecule has 3 rings (SSSR count). The van der Waals surface area contributed by atoms with E-state index in [0.29, 0.717) is 36.6 Å². The molecule has 1 N–H and O–H groups in total. The molecule has 0 spiro atoms. The number of fused-ring (bicyclic) bond motifs is 2. The van der Waals surface area contributed by atoms with E-state index in [4.69, 9.17) is 21.1 Å². The van der Waals surface area contributed by atoms with Gasteiger partial charge in [-0.3, -0.25) is 9.79 Å². The van der Waals surface area contributed by atoms with E-state index in [1.807, 2.05) is 20.8 Å². The van der Waals surface area contributed by atoms with Gasteiger partial charge in [0.05, 0.1) is 5.57 Å². The number of nitrogens with zero attached hydrogens (tertiary/aromatic N) is 4. The third-order valence-corrected chi connectivity index (χ3v) is 6.01. The Kier molecular flexibility index (Phi) is 13.4. The molecule has 2 saturated heterocycles. The highest BCUT2D eigenvalue weighted by Crippen LogP contribution is 2.29. The Bertz CT molecular complexity index is 873. The maximum absolute atomic E-state index is 14.8. The Balaban J connectivity index is 0.000000604. The van der Waals surface area contributed by atoms with Gasteiger partial charge in [0.2, 0.25) is 0 Å². The molecule has 3 aliphatic heterocycles. The largest absolute Gasteiger partial charge is 0.462 e. The Morgan fingerprint density at radius 1 is 1.24 bits per heavy atom. The fraction of sp³-hybridized carbons (Fsp3) is 0.692. The molecule has 208 valence electrons. The lowest BCUT2D eigenvalue weighted by molar-refractivity contribution is -0.138. The summed E-state index contributed by atoms with van der Waals surface area (Å²) in [4.78, 5) is 24.2. The van der Waals surface area contributed by atoms with E-state index in [-0.39, 0.29) is 23.2 Å². The van der Waals surface area contributed by atoms with Gasteiger partial charge in [0, 0.05) is 51.2 Å². The highest BCUT2D eigenvalue weighted by molar-refractivity contribution is 6.37. The van der Waals surface area contributed by atoms with Gasteiger partial charge < -0.3 is 24.4 Å². The number of hydrogen-bond donors (Lipinski definition) is 1. The minimum Gasteiger partial charge on any atom is -0.462 e. The number of unbranched alkanes of at least 4 members (excludes halogenated alkanes) is 1. The molecule has 0 amide bonds.